The molecule has 1 aromatic carbocycles. The van der Waals surface area contributed by atoms with Crippen molar-refractivity contribution in [3.05, 3.63) is 75.3 Å². The second-order valence-electron chi connectivity index (χ2n) is 5.41. The molecule has 0 unspecified atom stereocenters. The molecule has 0 saturated heterocycles. The lowest BCUT2D eigenvalue weighted by Gasteiger charge is -2.24. The lowest BCUT2D eigenvalue weighted by Crippen LogP contribution is -2.33. The van der Waals surface area contributed by atoms with Crippen LogP contribution in [-0.4, -0.2) is 10.0 Å². The summed E-state index contributed by atoms with van der Waals surface area (Å²) >= 11 is 13.5. The Morgan fingerprint density at radius 3 is 2.79 bits per heavy atom. The SMILES string of the molecule is Cc1ccc(NC(=S)N(Cc2ccco2)Cc2cccs2)cc1Cl. The van der Waals surface area contributed by atoms with E-state index in [4.69, 9.17) is 28.2 Å². The molecular weight excluding hydrogens is 360 g/mol. The molecule has 0 fully saturated rings. The first-order chi connectivity index (χ1) is 11.6. The molecule has 0 spiro atoms. The van der Waals surface area contributed by atoms with E-state index < -0.39 is 0 Å². The van der Waals surface area contributed by atoms with Crippen molar-refractivity contribution in [1.82, 2.24) is 4.90 Å². The van der Waals surface area contributed by atoms with E-state index >= 15 is 0 Å². The molecule has 0 bridgehead atoms. The summed E-state index contributed by atoms with van der Waals surface area (Å²) in [6.07, 6.45) is 1.68. The maximum Gasteiger partial charge on any atom is 0.174 e. The predicted octanol–water partition coefficient (Wildman–Crippen LogP) is 5.70. The van der Waals surface area contributed by atoms with Gasteiger partial charge in [-0.1, -0.05) is 23.7 Å². The number of nitrogens with zero attached hydrogens (tertiary/aromatic N) is 1. The summed E-state index contributed by atoms with van der Waals surface area (Å²) in [5.41, 5.74) is 1.92. The number of thiophene rings is 1. The van der Waals surface area contributed by atoms with Gasteiger partial charge in [0.25, 0.3) is 0 Å². The number of rotatable bonds is 5. The molecule has 3 aromatic rings. The van der Waals surface area contributed by atoms with Crippen molar-refractivity contribution in [3.63, 3.8) is 0 Å². The van der Waals surface area contributed by atoms with E-state index in [-0.39, 0.29) is 0 Å². The van der Waals surface area contributed by atoms with Gasteiger partial charge in [0.15, 0.2) is 5.11 Å². The number of aryl methyl sites for hydroxylation is 1. The van der Waals surface area contributed by atoms with Crippen LogP contribution in [0.25, 0.3) is 0 Å². The Morgan fingerprint density at radius 1 is 1.25 bits per heavy atom. The highest BCUT2D eigenvalue weighted by atomic mass is 35.5. The second kappa shape index (κ2) is 7.83. The number of halogens is 1. The summed E-state index contributed by atoms with van der Waals surface area (Å²) in [6.45, 7) is 3.31. The topological polar surface area (TPSA) is 28.4 Å². The van der Waals surface area contributed by atoms with Gasteiger partial charge in [0.1, 0.15) is 5.76 Å². The third-order valence-electron chi connectivity index (χ3n) is 3.56. The minimum absolute atomic E-state index is 0.607. The molecule has 0 saturated carbocycles. The van der Waals surface area contributed by atoms with Crippen LogP contribution in [0, 0.1) is 6.92 Å². The lowest BCUT2D eigenvalue weighted by molar-refractivity contribution is 0.362. The summed E-state index contributed by atoms with van der Waals surface area (Å²) < 4.78 is 5.47. The van der Waals surface area contributed by atoms with Crippen molar-refractivity contribution >= 4 is 46.0 Å². The number of benzene rings is 1. The number of nitrogens with one attached hydrogen (secondary N) is 1. The van der Waals surface area contributed by atoms with Crippen LogP contribution in [0.2, 0.25) is 5.02 Å². The Hall–Kier alpha value is -1.82. The fourth-order valence-corrected chi connectivity index (χ4v) is 3.40. The quantitative estimate of drug-likeness (QED) is 0.578. The van der Waals surface area contributed by atoms with Crippen molar-refractivity contribution in [2.24, 2.45) is 0 Å². The Bertz CT molecular complexity index is 764. The Labute approximate surface area is 155 Å². The van der Waals surface area contributed by atoms with Gasteiger partial charge in [0, 0.05) is 15.6 Å². The van der Waals surface area contributed by atoms with Gasteiger partial charge in [-0.25, -0.2) is 0 Å². The average Bonchev–Trinajstić information content (AvgIpc) is 3.24. The Morgan fingerprint density at radius 2 is 2.12 bits per heavy atom. The summed E-state index contributed by atoms with van der Waals surface area (Å²) in [6, 6.07) is 13.8. The van der Waals surface area contributed by atoms with Crippen molar-refractivity contribution in [1.29, 1.82) is 0 Å². The highest BCUT2D eigenvalue weighted by Gasteiger charge is 2.14. The molecule has 2 aromatic heterocycles. The number of hydrogen-bond donors (Lipinski definition) is 1. The fourth-order valence-electron chi connectivity index (χ4n) is 2.25. The molecule has 0 aliphatic carbocycles. The highest BCUT2D eigenvalue weighted by Crippen LogP contribution is 2.21. The monoisotopic (exact) mass is 376 g/mol. The van der Waals surface area contributed by atoms with E-state index in [0.29, 0.717) is 11.7 Å². The van der Waals surface area contributed by atoms with Gasteiger partial charge in [0.05, 0.1) is 19.4 Å². The smallest absolute Gasteiger partial charge is 0.174 e. The van der Waals surface area contributed by atoms with Crippen molar-refractivity contribution in [3.8, 4) is 0 Å². The minimum atomic E-state index is 0.607. The predicted molar refractivity (Wildman–Crippen MR) is 105 cm³/mol. The van der Waals surface area contributed by atoms with E-state index in [1.807, 2.05) is 43.3 Å². The van der Waals surface area contributed by atoms with Gasteiger partial charge >= 0.3 is 0 Å². The van der Waals surface area contributed by atoms with E-state index in [2.05, 4.69) is 21.7 Å². The Kier molecular flexibility index (Phi) is 5.56. The fraction of sp³-hybridized carbons (Fsp3) is 0.167. The molecule has 2 heterocycles. The number of anilines is 1. The maximum absolute atomic E-state index is 6.20. The Balaban J connectivity index is 1.75. The van der Waals surface area contributed by atoms with Gasteiger partial charge in [-0.2, -0.15) is 0 Å². The molecule has 0 amide bonds. The second-order valence-corrected chi connectivity index (χ2v) is 7.24. The van der Waals surface area contributed by atoms with Crippen LogP contribution in [0.3, 0.4) is 0 Å². The molecule has 0 radical (unpaired) electrons. The molecule has 124 valence electrons. The molecule has 0 atom stereocenters. The van der Waals surface area contributed by atoms with Gasteiger partial charge in [-0.3, -0.25) is 0 Å². The molecule has 0 aliphatic rings. The van der Waals surface area contributed by atoms with Gasteiger partial charge in [0.2, 0.25) is 0 Å². The van der Waals surface area contributed by atoms with Crippen LogP contribution < -0.4 is 5.32 Å². The van der Waals surface area contributed by atoms with Crippen LogP contribution in [0.15, 0.2) is 58.5 Å². The first kappa shape index (κ1) is 17.0. The van der Waals surface area contributed by atoms with Crippen molar-refractivity contribution in [2.75, 3.05) is 5.32 Å². The molecule has 0 aliphatic heterocycles. The van der Waals surface area contributed by atoms with Crippen LogP contribution in [-0.2, 0) is 13.1 Å². The van der Waals surface area contributed by atoms with E-state index in [1.54, 1.807) is 17.6 Å². The normalized spacial score (nSPS) is 10.6. The average molecular weight is 377 g/mol. The van der Waals surface area contributed by atoms with E-state index in [0.717, 1.165) is 28.6 Å². The lowest BCUT2D eigenvalue weighted by atomic mass is 10.2. The summed E-state index contributed by atoms with van der Waals surface area (Å²) in [7, 11) is 0. The van der Waals surface area contributed by atoms with Crippen LogP contribution in [0.5, 0.6) is 0 Å². The molecule has 1 N–H and O–H groups in total. The highest BCUT2D eigenvalue weighted by molar-refractivity contribution is 7.80. The maximum atomic E-state index is 6.20. The molecule has 6 heteroatoms. The molecule has 24 heavy (non-hydrogen) atoms. The van der Waals surface area contributed by atoms with Gasteiger partial charge in [-0.15, -0.1) is 11.3 Å². The summed E-state index contributed by atoms with van der Waals surface area (Å²) in [4.78, 5) is 3.32. The first-order valence-corrected chi connectivity index (χ1v) is 9.15. The third kappa shape index (κ3) is 4.38. The zero-order valence-corrected chi connectivity index (χ0v) is 15.5. The first-order valence-electron chi connectivity index (χ1n) is 7.48. The van der Waals surface area contributed by atoms with E-state index in [9.17, 15) is 0 Å². The zero-order valence-electron chi connectivity index (χ0n) is 13.2. The molecule has 3 nitrogen and oxygen atoms in total. The van der Waals surface area contributed by atoms with Crippen LogP contribution in [0.1, 0.15) is 16.2 Å². The molecular formula is C18H17ClN2OS2. The summed E-state index contributed by atoms with van der Waals surface area (Å²) in [5.74, 6) is 0.873. The van der Waals surface area contributed by atoms with Crippen molar-refractivity contribution < 1.29 is 4.42 Å². The van der Waals surface area contributed by atoms with Crippen LogP contribution in [0.4, 0.5) is 5.69 Å². The number of hydrogen-bond acceptors (Lipinski definition) is 3. The van der Waals surface area contributed by atoms with Gasteiger partial charge in [-0.05, 0) is 60.4 Å². The van der Waals surface area contributed by atoms with Gasteiger partial charge < -0.3 is 14.6 Å². The van der Waals surface area contributed by atoms with Crippen LogP contribution >= 0.6 is 35.2 Å². The summed E-state index contributed by atoms with van der Waals surface area (Å²) in [5, 5.41) is 6.70. The zero-order chi connectivity index (χ0) is 16.9. The number of thiocarbonyl (C=S) groups is 1. The standard InChI is InChI=1S/C18H17ClN2OS2/c1-13-6-7-14(10-17(13)19)20-18(23)21(11-15-4-2-8-22-15)12-16-5-3-9-24-16/h2-10H,11-12H2,1H3,(H,20,23). The van der Waals surface area contributed by atoms with E-state index in [1.165, 1.54) is 4.88 Å². The number of furan rings is 1. The minimum Gasteiger partial charge on any atom is -0.467 e. The third-order valence-corrected chi connectivity index (χ3v) is 5.19. The largest absolute Gasteiger partial charge is 0.467 e. The van der Waals surface area contributed by atoms with Crippen molar-refractivity contribution in [2.45, 2.75) is 20.0 Å². The molecule has 3 rings (SSSR count).